The van der Waals surface area contributed by atoms with Crippen molar-refractivity contribution in [2.24, 2.45) is 0 Å². The molecule has 0 amide bonds. The number of halogens is 1. The molecule has 0 aliphatic heterocycles. The Bertz CT molecular complexity index is 699. The van der Waals surface area contributed by atoms with Crippen LogP contribution in [-0.2, 0) is 6.54 Å². The highest BCUT2D eigenvalue weighted by Crippen LogP contribution is 2.31. The van der Waals surface area contributed by atoms with Crippen LogP contribution in [0.1, 0.15) is 24.4 Å². The zero-order valence-corrected chi connectivity index (χ0v) is 12.2. The van der Waals surface area contributed by atoms with Crippen LogP contribution in [0.4, 0.5) is 0 Å². The topological polar surface area (TPSA) is 43.0 Å². The Kier molecular flexibility index (Phi) is 3.51. The molecular formula is C15H16ClN3O. The molecule has 0 radical (unpaired) electrons. The Labute approximate surface area is 122 Å². The molecule has 0 bridgehead atoms. The second-order valence-electron chi connectivity index (χ2n) is 4.60. The Morgan fingerprint density at radius 2 is 2.20 bits per heavy atom. The Balaban J connectivity index is 2.11. The highest BCUT2D eigenvalue weighted by atomic mass is 35.5. The molecule has 20 heavy (non-hydrogen) atoms. The molecule has 4 nitrogen and oxygen atoms in total. The summed E-state index contributed by atoms with van der Waals surface area (Å²) in [6, 6.07) is 9.89. The van der Waals surface area contributed by atoms with E-state index in [1.54, 1.807) is 6.20 Å². The molecule has 3 rings (SSSR count). The van der Waals surface area contributed by atoms with Gasteiger partial charge in [0.15, 0.2) is 0 Å². The monoisotopic (exact) mass is 289 g/mol. The number of fused-ring (bicyclic) bond motifs is 1. The van der Waals surface area contributed by atoms with Crippen molar-refractivity contribution in [1.82, 2.24) is 15.1 Å². The maximum absolute atomic E-state index is 6.28. The van der Waals surface area contributed by atoms with Crippen LogP contribution < -0.4 is 5.32 Å². The smallest absolute Gasteiger partial charge is 0.134 e. The summed E-state index contributed by atoms with van der Waals surface area (Å²) in [7, 11) is 1.89. The van der Waals surface area contributed by atoms with Gasteiger partial charge >= 0.3 is 0 Å². The van der Waals surface area contributed by atoms with Gasteiger partial charge in [-0.25, -0.2) is 0 Å². The average Bonchev–Trinajstić information content (AvgIpc) is 3.04. The largest absolute Gasteiger partial charge is 0.459 e. The molecule has 5 heteroatoms. The predicted molar refractivity (Wildman–Crippen MR) is 80.0 cm³/mol. The molecule has 0 aliphatic rings. The van der Waals surface area contributed by atoms with E-state index in [0.717, 1.165) is 29.0 Å². The van der Waals surface area contributed by atoms with Gasteiger partial charge in [-0.05, 0) is 26.1 Å². The van der Waals surface area contributed by atoms with Crippen molar-refractivity contribution in [2.75, 3.05) is 7.05 Å². The fourth-order valence-corrected chi connectivity index (χ4v) is 2.72. The van der Waals surface area contributed by atoms with Gasteiger partial charge in [0.1, 0.15) is 17.4 Å². The highest BCUT2D eigenvalue weighted by Gasteiger charge is 2.23. The van der Waals surface area contributed by atoms with Crippen molar-refractivity contribution in [2.45, 2.75) is 19.5 Å². The number of rotatable bonds is 4. The van der Waals surface area contributed by atoms with E-state index in [9.17, 15) is 0 Å². The molecule has 0 aliphatic carbocycles. The van der Waals surface area contributed by atoms with Crippen molar-refractivity contribution in [3.8, 4) is 0 Å². The van der Waals surface area contributed by atoms with Gasteiger partial charge < -0.3 is 9.73 Å². The molecule has 1 N–H and O–H groups in total. The lowest BCUT2D eigenvalue weighted by atomic mass is 10.1. The third-order valence-corrected chi connectivity index (χ3v) is 3.72. The molecular weight excluding hydrogens is 274 g/mol. The lowest BCUT2D eigenvalue weighted by Crippen LogP contribution is -2.21. The number of nitrogens with one attached hydrogen (secondary N) is 1. The van der Waals surface area contributed by atoms with E-state index >= 15 is 0 Å². The molecule has 0 saturated carbocycles. The van der Waals surface area contributed by atoms with Gasteiger partial charge in [0.25, 0.3) is 0 Å². The molecule has 2 aromatic heterocycles. The minimum absolute atomic E-state index is 0.114. The van der Waals surface area contributed by atoms with Gasteiger partial charge in [0, 0.05) is 11.9 Å². The first-order chi connectivity index (χ1) is 9.74. The summed E-state index contributed by atoms with van der Waals surface area (Å²) in [5, 5.41) is 9.27. The van der Waals surface area contributed by atoms with Crippen molar-refractivity contribution in [1.29, 1.82) is 0 Å². The summed E-state index contributed by atoms with van der Waals surface area (Å²) in [6.45, 7) is 2.80. The summed E-state index contributed by atoms with van der Waals surface area (Å²) in [5.74, 6) is 0.839. The minimum Gasteiger partial charge on any atom is -0.459 e. The third kappa shape index (κ3) is 2.11. The Morgan fingerprint density at radius 3 is 2.90 bits per heavy atom. The number of aromatic nitrogens is 2. The molecule has 2 heterocycles. The minimum atomic E-state index is -0.114. The number of furan rings is 1. The van der Waals surface area contributed by atoms with Gasteiger partial charge in [-0.15, -0.1) is 0 Å². The van der Waals surface area contributed by atoms with Gasteiger partial charge in [-0.2, -0.15) is 5.10 Å². The Hall–Kier alpha value is -1.78. The van der Waals surface area contributed by atoms with E-state index < -0.39 is 0 Å². The highest BCUT2D eigenvalue weighted by molar-refractivity contribution is 6.31. The lowest BCUT2D eigenvalue weighted by Gasteiger charge is -2.15. The molecule has 0 saturated heterocycles. The zero-order valence-electron chi connectivity index (χ0n) is 11.4. The van der Waals surface area contributed by atoms with Crippen molar-refractivity contribution >= 4 is 22.6 Å². The summed E-state index contributed by atoms with van der Waals surface area (Å²) in [6.07, 6.45) is 1.67. The molecule has 1 unspecified atom stereocenters. The van der Waals surface area contributed by atoms with E-state index in [1.165, 1.54) is 0 Å². The second-order valence-corrected chi connectivity index (χ2v) is 5.01. The number of hydrogen-bond acceptors (Lipinski definition) is 3. The fraction of sp³-hybridized carbons (Fsp3) is 0.267. The molecule has 104 valence electrons. The third-order valence-electron chi connectivity index (χ3n) is 3.42. The summed E-state index contributed by atoms with van der Waals surface area (Å²) >= 11 is 6.28. The molecule has 0 spiro atoms. The van der Waals surface area contributed by atoms with Crippen LogP contribution in [0, 0.1) is 0 Å². The van der Waals surface area contributed by atoms with Gasteiger partial charge in [0.05, 0.1) is 16.9 Å². The van der Waals surface area contributed by atoms with Gasteiger partial charge in [0.2, 0.25) is 0 Å². The fourth-order valence-electron chi connectivity index (χ4n) is 2.47. The first kappa shape index (κ1) is 13.2. The van der Waals surface area contributed by atoms with Crippen LogP contribution >= 0.6 is 11.6 Å². The SMILES string of the molecule is CCn1ncc(Cl)c1C(NC)c1cc2ccccc2o1. The average molecular weight is 290 g/mol. The van der Waals surface area contributed by atoms with Gasteiger partial charge in [-0.3, -0.25) is 4.68 Å². The van der Waals surface area contributed by atoms with Crippen LogP contribution in [-0.4, -0.2) is 16.8 Å². The molecule has 3 aromatic rings. The summed E-state index contributed by atoms with van der Waals surface area (Å²) in [4.78, 5) is 0. The summed E-state index contributed by atoms with van der Waals surface area (Å²) in [5.41, 5.74) is 1.80. The zero-order chi connectivity index (χ0) is 14.1. The number of nitrogens with zero attached hydrogens (tertiary/aromatic N) is 2. The van der Waals surface area contributed by atoms with E-state index in [2.05, 4.69) is 10.4 Å². The normalized spacial score (nSPS) is 12.9. The first-order valence-electron chi connectivity index (χ1n) is 6.61. The lowest BCUT2D eigenvalue weighted by molar-refractivity contribution is 0.465. The van der Waals surface area contributed by atoms with Crippen molar-refractivity contribution < 1.29 is 4.42 Å². The van der Waals surface area contributed by atoms with E-state index in [-0.39, 0.29) is 6.04 Å². The van der Waals surface area contributed by atoms with E-state index in [0.29, 0.717) is 5.02 Å². The molecule has 0 fully saturated rings. The van der Waals surface area contributed by atoms with Crippen molar-refractivity contribution in [3.05, 3.63) is 53.0 Å². The second kappa shape index (κ2) is 5.31. The Morgan fingerprint density at radius 1 is 1.40 bits per heavy atom. The maximum Gasteiger partial charge on any atom is 0.134 e. The standard InChI is InChI=1S/C15H16ClN3O/c1-3-19-15(11(16)9-18-19)14(17-2)13-8-10-6-4-5-7-12(10)20-13/h4-9,14,17H,3H2,1-2H3. The number of para-hydroxylation sites is 1. The van der Waals surface area contributed by atoms with E-state index in [4.69, 9.17) is 16.0 Å². The van der Waals surface area contributed by atoms with Crippen LogP contribution in [0.3, 0.4) is 0 Å². The first-order valence-corrected chi connectivity index (χ1v) is 6.99. The van der Waals surface area contributed by atoms with Gasteiger partial charge in [-0.1, -0.05) is 29.8 Å². The van der Waals surface area contributed by atoms with E-state index in [1.807, 2.05) is 49.0 Å². The van der Waals surface area contributed by atoms with Crippen LogP contribution in [0.5, 0.6) is 0 Å². The number of aryl methyl sites for hydroxylation is 1. The van der Waals surface area contributed by atoms with Crippen molar-refractivity contribution in [3.63, 3.8) is 0 Å². The van der Waals surface area contributed by atoms with Crippen LogP contribution in [0.15, 0.2) is 40.9 Å². The number of hydrogen-bond donors (Lipinski definition) is 1. The summed E-state index contributed by atoms with van der Waals surface area (Å²) < 4.78 is 7.82. The molecule has 1 aromatic carbocycles. The maximum atomic E-state index is 6.28. The van der Waals surface area contributed by atoms with Crippen LogP contribution in [0.25, 0.3) is 11.0 Å². The number of benzene rings is 1. The predicted octanol–water partition coefficient (Wildman–Crippen LogP) is 3.61. The van der Waals surface area contributed by atoms with Crippen LogP contribution in [0.2, 0.25) is 5.02 Å². The molecule has 1 atom stereocenters. The quantitative estimate of drug-likeness (QED) is 0.798.